The van der Waals surface area contributed by atoms with Gasteiger partial charge in [-0.25, -0.2) is 17.8 Å². The number of imidazole rings is 1. The summed E-state index contributed by atoms with van der Waals surface area (Å²) in [6.45, 7) is 1.30. The molecule has 3 rings (SSSR count). The van der Waals surface area contributed by atoms with Gasteiger partial charge in [-0.2, -0.15) is 0 Å². The molecular weight excluding hydrogens is 413 g/mol. The summed E-state index contributed by atoms with van der Waals surface area (Å²) < 4.78 is 41.4. The molecule has 0 bridgehead atoms. The molecule has 0 atom stereocenters. The number of sulfonamides is 1. The molecule has 0 spiro atoms. The minimum absolute atomic E-state index is 0.0135. The van der Waals surface area contributed by atoms with E-state index < -0.39 is 21.7 Å². The number of rotatable bonds is 6. The highest BCUT2D eigenvalue weighted by molar-refractivity contribution is 7.92. The van der Waals surface area contributed by atoms with Crippen LogP contribution in [0.25, 0.3) is 5.69 Å². The highest BCUT2D eigenvalue weighted by Crippen LogP contribution is 2.24. The lowest BCUT2D eigenvalue weighted by Gasteiger charge is -2.14. The third kappa shape index (κ3) is 5.20. The van der Waals surface area contributed by atoms with Crippen molar-refractivity contribution in [2.24, 2.45) is 0 Å². The summed E-state index contributed by atoms with van der Waals surface area (Å²) in [5.74, 6) is -1.64. The highest BCUT2D eigenvalue weighted by atomic mass is 32.2. The summed E-state index contributed by atoms with van der Waals surface area (Å²) in [6.07, 6.45) is 5.47. The Bertz CT molecular complexity index is 1210. The van der Waals surface area contributed by atoms with E-state index in [4.69, 9.17) is 0 Å². The first-order valence-corrected chi connectivity index (χ1v) is 10.5. The molecule has 0 aliphatic carbocycles. The first-order chi connectivity index (χ1) is 14.1. The van der Waals surface area contributed by atoms with Crippen LogP contribution in [0, 0.1) is 5.82 Å². The van der Waals surface area contributed by atoms with Crippen LogP contribution in [-0.2, 0) is 14.8 Å². The quantitative estimate of drug-likeness (QED) is 0.554. The zero-order chi connectivity index (χ0) is 21.9. The summed E-state index contributed by atoms with van der Waals surface area (Å²) in [5, 5.41) is 5.05. The summed E-state index contributed by atoms with van der Waals surface area (Å²) in [7, 11) is -3.67. The number of aromatic nitrogens is 2. The molecular formula is C19H18FN5O4S. The van der Waals surface area contributed by atoms with Gasteiger partial charge in [0.2, 0.25) is 15.9 Å². The van der Waals surface area contributed by atoms with E-state index in [1.807, 2.05) is 0 Å². The van der Waals surface area contributed by atoms with E-state index in [2.05, 4.69) is 20.3 Å². The number of amides is 2. The van der Waals surface area contributed by atoms with Crippen LogP contribution in [0.5, 0.6) is 0 Å². The van der Waals surface area contributed by atoms with Crippen molar-refractivity contribution >= 4 is 38.9 Å². The van der Waals surface area contributed by atoms with Crippen LogP contribution in [0.15, 0.2) is 55.1 Å². The number of hydrogen-bond donors (Lipinski definition) is 3. The van der Waals surface area contributed by atoms with E-state index in [0.717, 1.165) is 12.3 Å². The van der Waals surface area contributed by atoms with Gasteiger partial charge in [-0.1, -0.05) is 0 Å². The fraction of sp³-hybridized carbons (Fsp3) is 0.105. The summed E-state index contributed by atoms with van der Waals surface area (Å²) in [6, 6.07) is 8.22. The normalized spacial score (nSPS) is 11.0. The molecule has 2 aromatic carbocycles. The number of nitrogens with one attached hydrogen (secondary N) is 3. The molecule has 0 aliphatic rings. The third-order valence-corrected chi connectivity index (χ3v) is 4.46. The van der Waals surface area contributed by atoms with E-state index >= 15 is 0 Å². The highest BCUT2D eigenvalue weighted by Gasteiger charge is 2.17. The maximum absolute atomic E-state index is 14.4. The summed E-state index contributed by atoms with van der Waals surface area (Å²) in [5.41, 5.74) is 0.674. The van der Waals surface area contributed by atoms with Crippen molar-refractivity contribution in [1.29, 1.82) is 0 Å². The molecule has 2 amide bonds. The van der Waals surface area contributed by atoms with Gasteiger partial charge in [0.25, 0.3) is 5.91 Å². The second-order valence-corrected chi connectivity index (χ2v) is 8.15. The minimum Gasteiger partial charge on any atom is -0.326 e. The Balaban J connectivity index is 1.91. The van der Waals surface area contributed by atoms with E-state index in [9.17, 15) is 22.4 Å². The number of halogens is 1. The van der Waals surface area contributed by atoms with E-state index in [1.165, 1.54) is 54.3 Å². The molecule has 0 radical (unpaired) electrons. The van der Waals surface area contributed by atoms with Crippen molar-refractivity contribution in [3.8, 4) is 5.69 Å². The second-order valence-electron chi connectivity index (χ2n) is 6.41. The van der Waals surface area contributed by atoms with Crippen LogP contribution in [-0.4, -0.2) is 36.0 Å². The van der Waals surface area contributed by atoms with Crippen molar-refractivity contribution in [2.45, 2.75) is 6.92 Å². The Morgan fingerprint density at radius 3 is 2.37 bits per heavy atom. The van der Waals surface area contributed by atoms with Crippen molar-refractivity contribution in [3.05, 3.63) is 66.5 Å². The van der Waals surface area contributed by atoms with E-state index in [-0.39, 0.29) is 28.5 Å². The van der Waals surface area contributed by atoms with Gasteiger partial charge in [-0.3, -0.25) is 14.3 Å². The van der Waals surface area contributed by atoms with Crippen LogP contribution in [0.2, 0.25) is 0 Å². The fourth-order valence-electron chi connectivity index (χ4n) is 2.70. The van der Waals surface area contributed by atoms with E-state index in [0.29, 0.717) is 5.69 Å². The number of anilines is 3. The Morgan fingerprint density at radius 2 is 1.77 bits per heavy atom. The molecule has 0 saturated heterocycles. The summed E-state index contributed by atoms with van der Waals surface area (Å²) in [4.78, 5) is 27.9. The maximum atomic E-state index is 14.4. The molecule has 3 aromatic rings. The van der Waals surface area contributed by atoms with Crippen molar-refractivity contribution in [2.75, 3.05) is 21.6 Å². The lowest BCUT2D eigenvalue weighted by Crippen LogP contribution is -2.18. The van der Waals surface area contributed by atoms with Crippen molar-refractivity contribution in [3.63, 3.8) is 0 Å². The van der Waals surface area contributed by atoms with Gasteiger partial charge >= 0.3 is 0 Å². The summed E-state index contributed by atoms with van der Waals surface area (Å²) >= 11 is 0. The number of carbonyl (C=O) groups is 2. The minimum atomic E-state index is -3.67. The van der Waals surface area contributed by atoms with Crippen molar-refractivity contribution in [1.82, 2.24) is 9.55 Å². The average Bonchev–Trinajstić information content (AvgIpc) is 3.15. The molecule has 156 valence electrons. The Hall–Kier alpha value is -3.73. The Kier molecular flexibility index (Phi) is 5.83. The molecule has 3 N–H and O–H groups in total. The molecule has 0 unspecified atom stereocenters. The lowest BCUT2D eigenvalue weighted by atomic mass is 10.1. The molecule has 30 heavy (non-hydrogen) atoms. The van der Waals surface area contributed by atoms with Crippen LogP contribution < -0.4 is 15.4 Å². The first kappa shape index (κ1) is 21.0. The average molecular weight is 431 g/mol. The number of nitrogens with zero attached hydrogens (tertiary/aromatic N) is 2. The number of benzene rings is 2. The van der Waals surface area contributed by atoms with Crippen molar-refractivity contribution < 1.29 is 22.4 Å². The molecule has 0 aliphatic heterocycles. The molecule has 11 heteroatoms. The monoisotopic (exact) mass is 431 g/mol. The number of hydrogen-bond acceptors (Lipinski definition) is 5. The van der Waals surface area contributed by atoms with Gasteiger partial charge in [0.05, 0.1) is 29.5 Å². The third-order valence-electron chi connectivity index (χ3n) is 3.87. The molecule has 1 heterocycles. The zero-order valence-electron chi connectivity index (χ0n) is 16.0. The second kappa shape index (κ2) is 8.33. The Labute approximate surface area is 172 Å². The first-order valence-electron chi connectivity index (χ1n) is 8.61. The molecule has 0 saturated carbocycles. The topological polar surface area (TPSA) is 122 Å². The Morgan fingerprint density at radius 1 is 1.07 bits per heavy atom. The smallest absolute Gasteiger partial charge is 0.257 e. The zero-order valence-corrected chi connectivity index (χ0v) is 16.8. The molecule has 1 aromatic heterocycles. The fourth-order valence-corrected chi connectivity index (χ4v) is 3.27. The van der Waals surface area contributed by atoms with Crippen LogP contribution in [0.1, 0.15) is 17.3 Å². The van der Waals surface area contributed by atoms with Gasteiger partial charge in [-0.05, 0) is 36.4 Å². The maximum Gasteiger partial charge on any atom is 0.257 e. The van der Waals surface area contributed by atoms with Crippen LogP contribution in [0.4, 0.5) is 21.5 Å². The predicted molar refractivity (Wildman–Crippen MR) is 111 cm³/mol. The largest absolute Gasteiger partial charge is 0.326 e. The standard InChI is InChI=1S/C19H18FN5O4S/c1-12(26)22-13-3-5-17(24-30(2,28)29)15(9-13)19(27)23-14-4-6-18(16(20)10-14)25-8-7-21-11-25/h3-11,24H,1-2H3,(H,22,26)(H,23,27). The van der Waals surface area contributed by atoms with Gasteiger partial charge in [0, 0.05) is 30.7 Å². The van der Waals surface area contributed by atoms with E-state index in [1.54, 1.807) is 6.20 Å². The molecule has 0 fully saturated rings. The van der Waals surface area contributed by atoms with Gasteiger partial charge in [0.1, 0.15) is 5.82 Å². The van der Waals surface area contributed by atoms with Gasteiger partial charge in [0.15, 0.2) is 0 Å². The molecule has 9 nitrogen and oxygen atoms in total. The SMILES string of the molecule is CC(=O)Nc1ccc(NS(C)(=O)=O)c(C(=O)Nc2ccc(-n3ccnc3)c(F)c2)c1. The predicted octanol–water partition coefficient (Wildman–Crippen LogP) is 2.59. The number of carbonyl (C=O) groups excluding carboxylic acids is 2. The lowest BCUT2D eigenvalue weighted by molar-refractivity contribution is -0.114. The van der Waals surface area contributed by atoms with Gasteiger partial charge < -0.3 is 15.2 Å². The van der Waals surface area contributed by atoms with Crippen LogP contribution in [0.3, 0.4) is 0 Å². The van der Waals surface area contributed by atoms with Gasteiger partial charge in [-0.15, -0.1) is 0 Å². The van der Waals surface area contributed by atoms with Crippen LogP contribution >= 0.6 is 0 Å².